The molecule has 22 heavy (non-hydrogen) atoms. The van der Waals surface area contributed by atoms with Crippen molar-refractivity contribution in [3.8, 4) is 0 Å². The minimum atomic E-state index is -0.569. The third kappa shape index (κ3) is 3.12. The Morgan fingerprint density at radius 2 is 2.18 bits per heavy atom. The molecule has 3 rings (SSSR count). The largest absolute Gasteiger partial charge is 0.457 e. The maximum atomic E-state index is 11.9. The van der Waals surface area contributed by atoms with Crippen molar-refractivity contribution in [1.29, 1.82) is 0 Å². The molecule has 1 atom stereocenters. The van der Waals surface area contributed by atoms with Gasteiger partial charge in [0.2, 0.25) is 0 Å². The molecule has 1 aromatic carbocycles. The van der Waals surface area contributed by atoms with Crippen LogP contribution in [-0.2, 0) is 14.3 Å². The third-order valence-corrected chi connectivity index (χ3v) is 3.66. The third-order valence-electron chi connectivity index (χ3n) is 3.16. The van der Waals surface area contributed by atoms with Crippen molar-refractivity contribution < 1.29 is 19.1 Å². The maximum absolute atomic E-state index is 11.9. The molecule has 1 aliphatic heterocycles. The molecular formula is C16H12BrNO4. The Kier molecular flexibility index (Phi) is 4.11. The highest BCUT2D eigenvalue weighted by Gasteiger charge is 2.27. The van der Waals surface area contributed by atoms with Crippen molar-refractivity contribution >= 4 is 33.4 Å². The van der Waals surface area contributed by atoms with Crippen molar-refractivity contribution in [2.75, 3.05) is 6.61 Å². The summed E-state index contributed by atoms with van der Waals surface area (Å²) in [6.07, 6.45) is 2.74. The normalized spacial score (nSPS) is 17.0. The molecule has 1 unspecified atom stereocenters. The fourth-order valence-electron chi connectivity index (χ4n) is 2.13. The molecule has 0 amide bonds. The molecule has 1 aliphatic rings. The Morgan fingerprint density at radius 3 is 2.91 bits per heavy atom. The van der Waals surface area contributed by atoms with Crippen LogP contribution in [0.1, 0.15) is 16.1 Å². The van der Waals surface area contributed by atoms with Crippen LogP contribution in [0.4, 0.5) is 0 Å². The highest BCUT2D eigenvalue weighted by molar-refractivity contribution is 9.10. The van der Waals surface area contributed by atoms with Crippen molar-refractivity contribution in [1.82, 2.24) is 4.98 Å². The second-order valence-electron chi connectivity index (χ2n) is 4.72. The highest BCUT2D eigenvalue weighted by atomic mass is 79.9. The van der Waals surface area contributed by atoms with Gasteiger partial charge in [-0.1, -0.05) is 28.1 Å². The summed E-state index contributed by atoms with van der Waals surface area (Å²) >= 11 is 3.36. The number of cyclic esters (lactones) is 1. The van der Waals surface area contributed by atoms with Crippen LogP contribution in [-0.4, -0.2) is 29.6 Å². The number of ether oxygens (including phenoxy) is 2. The summed E-state index contributed by atoms with van der Waals surface area (Å²) < 4.78 is 11.2. The van der Waals surface area contributed by atoms with Crippen LogP contribution in [0.25, 0.3) is 5.57 Å². The van der Waals surface area contributed by atoms with E-state index in [0.29, 0.717) is 11.3 Å². The van der Waals surface area contributed by atoms with E-state index >= 15 is 0 Å². The minimum absolute atomic E-state index is 0.0128. The van der Waals surface area contributed by atoms with Crippen LogP contribution < -0.4 is 0 Å². The van der Waals surface area contributed by atoms with E-state index in [1.807, 2.05) is 24.3 Å². The van der Waals surface area contributed by atoms with Crippen LogP contribution >= 0.6 is 15.9 Å². The molecule has 6 heteroatoms. The Hall–Kier alpha value is -2.34. The van der Waals surface area contributed by atoms with Crippen molar-refractivity contribution in [2.45, 2.75) is 6.10 Å². The van der Waals surface area contributed by atoms with E-state index in [0.717, 1.165) is 10.0 Å². The van der Waals surface area contributed by atoms with Crippen LogP contribution in [0.15, 0.2) is 53.1 Å². The average molecular weight is 362 g/mol. The van der Waals surface area contributed by atoms with Gasteiger partial charge in [0.05, 0.1) is 5.57 Å². The fraction of sp³-hybridized carbons (Fsp3) is 0.125. The number of halogens is 1. The molecule has 0 saturated carbocycles. The van der Waals surface area contributed by atoms with Gasteiger partial charge in [-0.2, -0.15) is 0 Å². The summed E-state index contributed by atoms with van der Waals surface area (Å²) in [5.41, 5.74) is 1.60. The number of hydrogen-bond acceptors (Lipinski definition) is 4. The number of aromatic nitrogens is 1. The van der Waals surface area contributed by atoms with Gasteiger partial charge in [0.15, 0.2) is 6.10 Å². The number of rotatable bonds is 4. The van der Waals surface area contributed by atoms with Gasteiger partial charge in [0.25, 0.3) is 0 Å². The average Bonchev–Trinajstić information content (AvgIpc) is 3.14. The topological polar surface area (TPSA) is 68.4 Å². The summed E-state index contributed by atoms with van der Waals surface area (Å²) in [5.74, 6) is -0.899. The summed E-state index contributed by atoms with van der Waals surface area (Å²) in [4.78, 5) is 26.4. The van der Waals surface area contributed by atoms with Gasteiger partial charge in [0.1, 0.15) is 12.3 Å². The number of aromatic amines is 1. The molecule has 0 spiro atoms. The predicted molar refractivity (Wildman–Crippen MR) is 83.1 cm³/mol. The van der Waals surface area contributed by atoms with E-state index in [4.69, 9.17) is 9.47 Å². The van der Waals surface area contributed by atoms with E-state index < -0.39 is 18.0 Å². The first-order valence-corrected chi connectivity index (χ1v) is 7.42. The Labute approximate surface area is 135 Å². The van der Waals surface area contributed by atoms with Gasteiger partial charge in [-0.25, -0.2) is 9.59 Å². The summed E-state index contributed by atoms with van der Waals surface area (Å²) in [7, 11) is 0. The minimum Gasteiger partial charge on any atom is -0.457 e. The maximum Gasteiger partial charge on any atom is 0.354 e. The molecule has 2 heterocycles. The quantitative estimate of drug-likeness (QED) is 0.850. The molecule has 0 aliphatic carbocycles. The number of benzene rings is 1. The molecule has 0 fully saturated rings. The zero-order valence-corrected chi connectivity index (χ0v) is 13.0. The van der Waals surface area contributed by atoms with Crippen LogP contribution in [0, 0.1) is 0 Å². The molecule has 5 nitrogen and oxygen atoms in total. The van der Waals surface area contributed by atoms with Crippen molar-refractivity contribution in [2.24, 2.45) is 0 Å². The molecule has 2 aromatic rings. The molecule has 0 saturated heterocycles. The Bertz CT molecular complexity index is 736. The van der Waals surface area contributed by atoms with E-state index in [1.54, 1.807) is 24.4 Å². The second-order valence-corrected chi connectivity index (χ2v) is 5.63. The second kappa shape index (κ2) is 6.19. The SMILES string of the molecule is O=C1OC(COC(=O)c2ccc[nH]2)C=C1c1cccc(Br)c1. The zero-order valence-electron chi connectivity index (χ0n) is 11.4. The lowest BCUT2D eigenvalue weighted by molar-refractivity contribution is -0.139. The van der Waals surface area contributed by atoms with Crippen LogP contribution in [0.2, 0.25) is 0 Å². The van der Waals surface area contributed by atoms with E-state index in [-0.39, 0.29) is 6.61 Å². The Balaban J connectivity index is 1.67. The first-order chi connectivity index (χ1) is 10.6. The summed E-state index contributed by atoms with van der Waals surface area (Å²) in [6.45, 7) is -0.0128. The molecule has 1 aromatic heterocycles. The number of H-pyrrole nitrogens is 1. The molecule has 0 radical (unpaired) electrons. The van der Waals surface area contributed by atoms with Crippen LogP contribution in [0.3, 0.4) is 0 Å². The van der Waals surface area contributed by atoms with Crippen molar-refractivity contribution in [3.63, 3.8) is 0 Å². The monoisotopic (exact) mass is 361 g/mol. The lowest BCUT2D eigenvalue weighted by atomic mass is 10.1. The smallest absolute Gasteiger partial charge is 0.354 e. The van der Waals surface area contributed by atoms with Gasteiger partial charge in [-0.3, -0.25) is 0 Å². The fourth-order valence-corrected chi connectivity index (χ4v) is 2.53. The Morgan fingerprint density at radius 1 is 1.32 bits per heavy atom. The lowest BCUT2D eigenvalue weighted by Crippen LogP contribution is -2.18. The zero-order chi connectivity index (χ0) is 15.5. The lowest BCUT2D eigenvalue weighted by Gasteiger charge is -2.08. The van der Waals surface area contributed by atoms with Gasteiger partial charge < -0.3 is 14.5 Å². The molecule has 1 N–H and O–H groups in total. The van der Waals surface area contributed by atoms with E-state index in [1.165, 1.54) is 0 Å². The highest BCUT2D eigenvalue weighted by Crippen LogP contribution is 2.26. The van der Waals surface area contributed by atoms with E-state index in [2.05, 4.69) is 20.9 Å². The number of esters is 2. The van der Waals surface area contributed by atoms with Gasteiger partial charge >= 0.3 is 11.9 Å². The number of hydrogen-bond donors (Lipinski definition) is 1. The van der Waals surface area contributed by atoms with Gasteiger partial charge in [-0.05, 0) is 35.9 Å². The summed E-state index contributed by atoms with van der Waals surface area (Å²) in [5, 5.41) is 0. The summed E-state index contributed by atoms with van der Waals surface area (Å²) in [6, 6.07) is 10.7. The van der Waals surface area contributed by atoms with Crippen molar-refractivity contribution in [3.05, 3.63) is 64.4 Å². The first-order valence-electron chi connectivity index (χ1n) is 6.63. The predicted octanol–water partition coefficient (Wildman–Crippen LogP) is 2.94. The number of carbonyl (C=O) groups is 2. The first kappa shape index (κ1) is 14.6. The standard InChI is InChI=1S/C16H12BrNO4/c17-11-4-1-3-10(7-11)13-8-12(22-15(13)19)9-21-16(20)14-5-2-6-18-14/h1-8,12,18H,9H2. The number of nitrogens with one attached hydrogen (secondary N) is 1. The van der Waals surface area contributed by atoms with Gasteiger partial charge in [0, 0.05) is 10.7 Å². The molecule has 112 valence electrons. The van der Waals surface area contributed by atoms with Crippen LogP contribution in [0.5, 0.6) is 0 Å². The van der Waals surface area contributed by atoms with Gasteiger partial charge in [-0.15, -0.1) is 0 Å². The van der Waals surface area contributed by atoms with E-state index in [9.17, 15) is 9.59 Å². The molecular weight excluding hydrogens is 350 g/mol. The number of carbonyl (C=O) groups excluding carboxylic acids is 2. The molecule has 0 bridgehead atoms.